The molecule has 0 bridgehead atoms. The Morgan fingerprint density at radius 3 is 2.73 bits per heavy atom. The maximum absolute atomic E-state index is 12.0. The van der Waals surface area contributed by atoms with Gasteiger partial charge in [0.25, 0.3) is 5.91 Å². The first-order chi connectivity index (χ1) is 10.6. The number of carbonyl (C=O) groups is 1. The summed E-state index contributed by atoms with van der Waals surface area (Å²) in [5.74, 6) is 1.01. The zero-order chi connectivity index (χ0) is 15.5. The van der Waals surface area contributed by atoms with Crippen LogP contribution in [0.25, 0.3) is 11.3 Å². The number of furan rings is 2. The second kappa shape index (κ2) is 6.30. The summed E-state index contributed by atoms with van der Waals surface area (Å²) in [6.07, 6.45) is 1.55. The Labute approximate surface area is 136 Å². The Morgan fingerprint density at radius 1 is 1.09 bits per heavy atom. The summed E-state index contributed by atoms with van der Waals surface area (Å²) >= 11 is 12.1. The lowest BCUT2D eigenvalue weighted by atomic mass is 10.2. The van der Waals surface area contributed by atoms with Crippen LogP contribution in [0.4, 0.5) is 0 Å². The molecule has 0 fully saturated rings. The van der Waals surface area contributed by atoms with E-state index in [-0.39, 0.29) is 11.7 Å². The molecule has 6 heteroatoms. The van der Waals surface area contributed by atoms with Crippen LogP contribution in [0.5, 0.6) is 0 Å². The van der Waals surface area contributed by atoms with Gasteiger partial charge in [0.2, 0.25) is 0 Å². The van der Waals surface area contributed by atoms with E-state index >= 15 is 0 Å². The third-order valence-electron chi connectivity index (χ3n) is 3.05. The summed E-state index contributed by atoms with van der Waals surface area (Å²) in [5.41, 5.74) is 0.638. The number of amides is 1. The minimum atomic E-state index is -0.333. The monoisotopic (exact) mass is 335 g/mol. The highest BCUT2D eigenvalue weighted by Crippen LogP contribution is 2.34. The van der Waals surface area contributed by atoms with Gasteiger partial charge in [-0.05, 0) is 36.4 Å². The SMILES string of the molecule is O=C(NCc1ccco1)c1ccc(-c2cccc(Cl)c2Cl)o1. The summed E-state index contributed by atoms with van der Waals surface area (Å²) in [7, 11) is 0. The van der Waals surface area contributed by atoms with Crippen LogP contribution in [0.3, 0.4) is 0 Å². The van der Waals surface area contributed by atoms with Crippen molar-refractivity contribution >= 4 is 29.1 Å². The highest BCUT2D eigenvalue weighted by atomic mass is 35.5. The molecule has 0 saturated carbocycles. The maximum atomic E-state index is 12.0. The fraction of sp³-hybridized carbons (Fsp3) is 0.0625. The minimum absolute atomic E-state index is 0.192. The molecule has 0 saturated heterocycles. The first kappa shape index (κ1) is 14.8. The molecule has 0 spiro atoms. The molecule has 2 aromatic heterocycles. The molecule has 0 atom stereocenters. The van der Waals surface area contributed by atoms with Crippen LogP contribution in [0, 0.1) is 0 Å². The van der Waals surface area contributed by atoms with Gasteiger partial charge in [0.15, 0.2) is 5.76 Å². The summed E-state index contributed by atoms with van der Waals surface area (Å²) in [5, 5.41) is 3.53. The first-order valence-electron chi connectivity index (χ1n) is 6.50. The predicted molar refractivity (Wildman–Crippen MR) is 84.0 cm³/mol. The molecule has 22 heavy (non-hydrogen) atoms. The molecule has 1 N–H and O–H groups in total. The summed E-state index contributed by atoms with van der Waals surface area (Å²) in [4.78, 5) is 12.0. The topological polar surface area (TPSA) is 55.4 Å². The number of hydrogen-bond acceptors (Lipinski definition) is 3. The van der Waals surface area contributed by atoms with Crippen molar-refractivity contribution in [2.75, 3.05) is 0 Å². The highest BCUT2D eigenvalue weighted by molar-refractivity contribution is 6.43. The van der Waals surface area contributed by atoms with Crippen molar-refractivity contribution in [1.82, 2.24) is 5.32 Å². The Balaban J connectivity index is 1.75. The van der Waals surface area contributed by atoms with E-state index in [1.807, 2.05) is 0 Å². The summed E-state index contributed by atoms with van der Waals surface area (Å²) in [6, 6.07) is 12.0. The van der Waals surface area contributed by atoms with Gasteiger partial charge >= 0.3 is 0 Å². The predicted octanol–water partition coefficient (Wildman–Crippen LogP) is 4.78. The number of carbonyl (C=O) groups excluding carboxylic acids is 1. The normalized spacial score (nSPS) is 10.6. The summed E-state index contributed by atoms with van der Waals surface area (Å²) in [6.45, 7) is 0.291. The number of hydrogen-bond donors (Lipinski definition) is 1. The second-order valence-electron chi connectivity index (χ2n) is 4.53. The highest BCUT2D eigenvalue weighted by Gasteiger charge is 2.15. The molecule has 0 aliphatic carbocycles. The molecule has 0 radical (unpaired) electrons. The molecule has 2 heterocycles. The van der Waals surface area contributed by atoms with Crippen LogP contribution >= 0.6 is 23.2 Å². The van der Waals surface area contributed by atoms with E-state index in [4.69, 9.17) is 32.0 Å². The smallest absolute Gasteiger partial charge is 0.287 e. The molecule has 112 valence electrons. The van der Waals surface area contributed by atoms with Gasteiger partial charge in [-0.2, -0.15) is 0 Å². The van der Waals surface area contributed by atoms with Crippen molar-refractivity contribution in [3.63, 3.8) is 0 Å². The molecular weight excluding hydrogens is 325 g/mol. The first-order valence-corrected chi connectivity index (χ1v) is 7.25. The van der Waals surface area contributed by atoms with E-state index in [2.05, 4.69) is 5.32 Å². The lowest BCUT2D eigenvalue weighted by Gasteiger charge is -2.03. The second-order valence-corrected chi connectivity index (χ2v) is 5.31. The average Bonchev–Trinajstić information content (AvgIpc) is 3.18. The molecule has 0 aliphatic heterocycles. The van der Waals surface area contributed by atoms with Gasteiger partial charge in [-0.3, -0.25) is 4.79 Å². The van der Waals surface area contributed by atoms with Crippen LogP contribution in [0.1, 0.15) is 16.3 Å². The van der Waals surface area contributed by atoms with Crippen molar-refractivity contribution in [1.29, 1.82) is 0 Å². The quantitative estimate of drug-likeness (QED) is 0.746. The number of nitrogens with one attached hydrogen (secondary N) is 1. The largest absolute Gasteiger partial charge is 0.467 e. The van der Waals surface area contributed by atoms with Gasteiger partial charge in [0.1, 0.15) is 11.5 Å². The molecule has 1 amide bonds. The molecule has 4 nitrogen and oxygen atoms in total. The molecule has 0 aliphatic rings. The fourth-order valence-electron chi connectivity index (χ4n) is 1.97. The Hall–Kier alpha value is -2.17. The maximum Gasteiger partial charge on any atom is 0.287 e. The van der Waals surface area contributed by atoms with Gasteiger partial charge in [-0.15, -0.1) is 0 Å². The zero-order valence-electron chi connectivity index (χ0n) is 11.3. The van der Waals surface area contributed by atoms with Crippen molar-refractivity contribution in [2.45, 2.75) is 6.54 Å². The van der Waals surface area contributed by atoms with Crippen LogP contribution < -0.4 is 5.32 Å². The average molecular weight is 336 g/mol. The fourth-order valence-corrected chi connectivity index (χ4v) is 2.36. The molecule has 3 aromatic rings. The van der Waals surface area contributed by atoms with Crippen molar-refractivity contribution in [2.24, 2.45) is 0 Å². The van der Waals surface area contributed by atoms with Crippen LogP contribution in [0.15, 0.2) is 57.6 Å². The number of benzene rings is 1. The lowest BCUT2D eigenvalue weighted by molar-refractivity contribution is 0.0921. The van der Waals surface area contributed by atoms with Crippen LogP contribution in [-0.4, -0.2) is 5.91 Å². The van der Waals surface area contributed by atoms with E-state index < -0.39 is 0 Å². The Kier molecular flexibility index (Phi) is 4.22. The van der Waals surface area contributed by atoms with Crippen molar-refractivity contribution in [3.8, 4) is 11.3 Å². The van der Waals surface area contributed by atoms with Gasteiger partial charge in [0.05, 0.1) is 22.9 Å². The summed E-state index contributed by atoms with van der Waals surface area (Å²) < 4.78 is 10.7. The lowest BCUT2D eigenvalue weighted by Crippen LogP contribution is -2.21. The van der Waals surface area contributed by atoms with E-state index in [1.54, 1.807) is 48.7 Å². The molecule has 1 aromatic carbocycles. The van der Waals surface area contributed by atoms with E-state index in [0.29, 0.717) is 33.7 Å². The third kappa shape index (κ3) is 3.03. The molecular formula is C16H11Cl2NO3. The van der Waals surface area contributed by atoms with Crippen LogP contribution in [-0.2, 0) is 6.54 Å². The van der Waals surface area contributed by atoms with Crippen LogP contribution in [0.2, 0.25) is 10.0 Å². The Bertz CT molecular complexity index is 794. The van der Waals surface area contributed by atoms with E-state index in [1.165, 1.54) is 0 Å². The molecule has 3 rings (SSSR count). The minimum Gasteiger partial charge on any atom is -0.467 e. The zero-order valence-corrected chi connectivity index (χ0v) is 12.8. The number of halogens is 2. The van der Waals surface area contributed by atoms with Crippen molar-refractivity contribution in [3.05, 3.63) is 70.3 Å². The Morgan fingerprint density at radius 2 is 1.95 bits per heavy atom. The van der Waals surface area contributed by atoms with Gasteiger partial charge in [-0.1, -0.05) is 29.3 Å². The van der Waals surface area contributed by atoms with E-state index in [9.17, 15) is 4.79 Å². The number of rotatable bonds is 4. The standard InChI is InChI=1S/C16H11Cl2NO3/c17-12-5-1-4-11(15(12)18)13-6-7-14(22-13)16(20)19-9-10-3-2-8-21-10/h1-8H,9H2,(H,19,20). The van der Waals surface area contributed by atoms with Crippen molar-refractivity contribution < 1.29 is 13.6 Å². The van der Waals surface area contributed by atoms with E-state index in [0.717, 1.165) is 0 Å². The van der Waals surface area contributed by atoms with Gasteiger partial charge < -0.3 is 14.2 Å². The van der Waals surface area contributed by atoms with Gasteiger partial charge in [-0.25, -0.2) is 0 Å². The molecule has 0 unspecified atom stereocenters. The third-order valence-corrected chi connectivity index (χ3v) is 3.87. The van der Waals surface area contributed by atoms with Gasteiger partial charge in [0, 0.05) is 5.56 Å².